The fraction of sp³-hybridized carbons (Fsp3) is 0.464. The molecule has 6 rings (SSSR count). The zero-order valence-corrected chi connectivity index (χ0v) is 19.8. The number of fused-ring (bicyclic) bond motifs is 3. The van der Waals surface area contributed by atoms with Gasteiger partial charge >= 0.3 is 0 Å². The Labute approximate surface area is 196 Å². The van der Waals surface area contributed by atoms with E-state index in [0.717, 1.165) is 67.8 Å². The third kappa shape index (κ3) is 4.71. The van der Waals surface area contributed by atoms with Crippen LogP contribution in [0.3, 0.4) is 0 Å². The van der Waals surface area contributed by atoms with Crippen molar-refractivity contribution in [2.24, 2.45) is 11.8 Å². The van der Waals surface area contributed by atoms with E-state index >= 15 is 0 Å². The standard InChI is InChI=1S/C28H35N3O2/c1-31(16-5-8-27-29-25-6-3-4-7-26(25)30-27)17-15-28(32)19-21-9-12-22(28)18-24(21)20-10-13-23(33-2)14-11-20/h3-4,6-7,10-11,13-14,18,21-22,32H,5,8-9,12,15-17,19H2,1-2H3,(H,29,30)/t21-,22-,28+/m1/s1. The van der Waals surface area contributed by atoms with Gasteiger partial charge in [-0.3, -0.25) is 0 Å². The number of hydrogen-bond donors (Lipinski definition) is 2. The summed E-state index contributed by atoms with van der Waals surface area (Å²) in [4.78, 5) is 10.5. The van der Waals surface area contributed by atoms with E-state index in [1.165, 1.54) is 17.6 Å². The first kappa shape index (κ1) is 22.2. The van der Waals surface area contributed by atoms with Gasteiger partial charge in [-0.15, -0.1) is 0 Å². The minimum Gasteiger partial charge on any atom is -0.497 e. The molecule has 2 bridgehead atoms. The van der Waals surface area contributed by atoms with Gasteiger partial charge in [0.15, 0.2) is 0 Å². The maximum absolute atomic E-state index is 11.5. The molecule has 1 heterocycles. The van der Waals surface area contributed by atoms with E-state index in [4.69, 9.17) is 4.74 Å². The molecule has 2 aromatic carbocycles. The normalized spacial score (nSPS) is 24.4. The number of ether oxygens (including phenoxy) is 1. The van der Waals surface area contributed by atoms with Crippen LogP contribution in [0, 0.1) is 11.8 Å². The van der Waals surface area contributed by atoms with Gasteiger partial charge in [0, 0.05) is 18.9 Å². The molecule has 0 radical (unpaired) electrons. The lowest BCUT2D eigenvalue weighted by atomic mass is 9.61. The molecule has 1 aromatic heterocycles. The van der Waals surface area contributed by atoms with Crippen LogP contribution >= 0.6 is 0 Å². The number of aromatic amines is 1. The molecule has 3 aliphatic carbocycles. The molecule has 5 nitrogen and oxygen atoms in total. The molecule has 0 amide bonds. The van der Waals surface area contributed by atoms with Crippen LogP contribution in [0.1, 0.15) is 43.5 Å². The Hall–Kier alpha value is -2.63. The molecular weight excluding hydrogens is 410 g/mol. The van der Waals surface area contributed by atoms with Crippen LogP contribution in [0.2, 0.25) is 0 Å². The van der Waals surface area contributed by atoms with Crippen LogP contribution in [0.4, 0.5) is 0 Å². The largest absolute Gasteiger partial charge is 0.497 e. The Kier molecular flexibility index (Phi) is 6.26. The summed E-state index contributed by atoms with van der Waals surface area (Å²) in [6.45, 7) is 1.93. The van der Waals surface area contributed by atoms with Crippen LogP contribution in [-0.4, -0.2) is 52.8 Å². The van der Waals surface area contributed by atoms with E-state index in [1.807, 2.05) is 24.3 Å². The average molecular weight is 446 g/mol. The van der Waals surface area contributed by atoms with Crippen molar-refractivity contribution in [2.45, 2.75) is 44.1 Å². The number of imidazole rings is 1. The lowest BCUT2D eigenvalue weighted by Gasteiger charge is -2.48. The lowest BCUT2D eigenvalue weighted by molar-refractivity contribution is -0.0574. The van der Waals surface area contributed by atoms with Crippen LogP contribution in [0.5, 0.6) is 5.75 Å². The summed E-state index contributed by atoms with van der Waals surface area (Å²) >= 11 is 0. The van der Waals surface area contributed by atoms with E-state index in [1.54, 1.807) is 7.11 Å². The molecule has 3 aromatic rings. The molecule has 0 aliphatic heterocycles. The van der Waals surface area contributed by atoms with Gasteiger partial charge in [0.2, 0.25) is 0 Å². The molecule has 33 heavy (non-hydrogen) atoms. The molecule has 3 aliphatic rings. The van der Waals surface area contributed by atoms with E-state index in [9.17, 15) is 5.11 Å². The first-order valence-corrected chi connectivity index (χ1v) is 12.2. The van der Waals surface area contributed by atoms with Crippen LogP contribution in [-0.2, 0) is 6.42 Å². The molecule has 1 saturated carbocycles. The molecule has 1 fully saturated rings. The lowest BCUT2D eigenvalue weighted by Crippen LogP contribution is -2.48. The number of aromatic nitrogens is 2. The van der Waals surface area contributed by atoms with E-state index < -0.39 is 5.60 Å². The fourth-order valence-corrected chi connectivity index (χ4v) is 5.73. The summed E-state index contributed by atoms with van der Waals surface area (Å²) in [5, 5.41) is 11.5. The maximum Gasteiger partial charge on any atom is 0.118 e. The highest BCUT2D eigenvalue weighted by Crippen LogP contribution is 2.51. The predicted octanol–water partition coefficient (Wildman–Crippen LogP) is 5.07. The number of aliphatic hydroxyl groups is 1. The Morgan fingerprint density at radius 1 is 1.12 bits per heavy atom. The van der Waals surface area contributed by atoms with Gasteiger partial charge in [-0.25, -0.2) is 4.98 Å². The number of H-pyrrole nitrogens is 1. The average Bonchev–Trinajstić information content (AvgIpc) is 3.26. The fourth-order valence-electron chi connectivity index (χ4n) is 5.73. The minimum atomic E-state index is -0.577. The predicted molar refractivity (Wildman–Crippen MR) is 133 cm³/mol. The Balaban J connectivity index is 1.14. The number of nitrogens with zero attached hydrogens (tertiary/aromatic N) is 2. The Morgan fingerprint density at radius 2 is 1.94 bits per heavy atom. The van der Waals surface area contributed by atoms with Crippen molar-refractivity contribution in [3.63, 3.8) is 0 Å². The van der Waals surface area contributed by atoms with Gasteiger partial charge < -0.3 is 19.7 Å². The third-order valence-electron chi connectivity index (χ3n) is 7.68. The number of hydrogen-bond acceptors (Lipinski definition) is 4. The minimum absolute atomic E-state index is 0.253. The van der Waals surface area contributed by atoms with Crippen molar-refractivity contribution in [1.29, 1.82) is 0 Å². The van der Waals surface area contributed by atoms with Gasteiger partial charge in [0.05, 0.1) is 23.7 Å². The van der Waals surface area contributed by atoms with Gasteiger partial charge in [-0.2, -0.15) is 0 Å². The monoisotopic (exact) mass is 445 g/mol. The second kappa shape index (κ2) is 9.32. The molecule has 2 N–H and O–H groups in total. The molecular formula is C28H35N3O2. The molecule has 0 spiro atoms. The van der Waals surface area contributed by atoms with Gasteiger partial charge in [0.1, 0.15) is 11.6 Å². The number of rotatable bonds is 9. The highest BCUT2D eigenvalue weighted by molar-refractivity contribution is 5.74. The van der Waals surface area contributed by atoms with Crippen LogP contribution < -0.4 is 4.74 Å². The van der Waals surface area contributed by atoms with Crippen LogP contribution in [0.15, 0.2) is 54.6 Å². The summed E-state index contributed by atoms with van der Waals surface area (Å²) in [6.07, 6.45) is 8.35. The second-order valence-electron chi connectivity index (χ2n) is 9.90. The van der Waals surface area contributed by atoms with E-state index in [0.29, 0.717) is 5.92 Å². The first-order valence-electron chi connectivity index (χ1n) is 12.2. The molecule has 174 valence electrons. The topological polar surface area (TPSA) is 61.4 Å². The Morgan fingerprint density at radius 3 is 2.67 bits per heavy atom. The van der Waals surface area contributed by atoms with Gasteiger partial charge in [-0.1, -0.05) is 30.3 Å². The summed E-state index contributed by atoms with van der Waals surface area (Å²) in [5.41, 5.74) is 4.26. The zero-order valence-electron chi connectivity index (χ0n) is 19.8. The quantitative estimate of drug-likeness (QED) is 0.483. The number of allylic oxidation sites excluding steroid dienone is 1. The van der Waals surface area contributed by atoms with Crippen molar-refractivity contribution in [2.75, 3.05) is 27.2 Å². The summed E-state index contributed by atoms with van der Waals surface area (Å²) in [6, 6.07) is 16.6. The highest BCUT2D eigenvalue weighted by Gasteiger charge is 2.46. The number of benzene rings is 2. The van der Waals surface area contributed by atoms with Crippen molar-refractivity contribution >= 4 is 16.6 Å². The zero-order chi connectivity index (χ0) is 22.8. The Bertz CT molecular complexity index is 1090. The number of methoxy groups -OCH3 is 1. The van der Waals surface area contributed by atoms with Crippen molar-refractivity contribution < 1.29 is 9.84 Å². The maximum atomic E-state index is 11.5. The summed E-state index contributed by atoms with van der Waals surface area (Å²) < 4.78 is 5.30. The highest BCUT2D eigenvalue weighted by atomic mass is 16.5. The summed E-state index contributed by atoms with van der Waals surface area (Å²) in [7, 11) is 3.87. The SMILES string of the molecule is COc1ccc(C2=C[C@H]3CC[C@@H]2C[C@@]3(O)CCN(C)CCCc2nc3ccccc3[nH]2)cc1. The second-order valence-corrected chi connectivity index (χ2v) is 9.90. The summed E-state index contributed by atoms with van der Waals surface area (Å²) in [5.74, 6) is 2.65. The van der Waals surface area contributed by atoms with E-state index in [2.05, 4.69) is 52.3 Å². The first-order chi connectivity index (χ1) is 16.0. The van der Waals surface area contributed by atoms with Gasteiger partial charge in [-0.05, 0) is 87.0 Å². The van der Waals surface area contributed by atoms with E-state index in [-0.39, 0.29) is 5.92 Å². The number of nitrogens with one attached hydrogen (secondary N) is 1. The van der Waals surface area contributed by atoms with Crippen molar-refractivity contribution in [3.8, 4) is 5.75 Å². The number of aryl methyl sites for hydroxylation is 1. The molecule has 3 atom stereocenters. The van der Waals surface area contributed by atoms with Gasteiger partial charge in [0.25, 0.3) is 0 Å². The molecule has 5 heteroatoms. The smallest absolute Gasteiger partial charge is 0.118 e. The van der Waals surface area contributed by atoms with Crippen molar-refractivity contribution in [1.82, 2.24) is 14.9 Å². The van der Waals surface area contributed by atoms with Crippen molar-refractivity contribution in [3.05, 3.63) is 66.0 Å². The molecule has 0 saturated heterocycles. The third-order valence-corrected chi connectivity index (χ3v) is 7.68. The number of para-hydroxylation sites is 2. The molecule has 0 unspecified atom stereocenters. The van der Waals surface area contributed by atoms with Crippen LogP contribution in [0.25, 0.3) is 16.6 Å².